The monoisotopic (exact) mass is 323 g/mol. The smallest absolute Gasteiger partial charge is 0.266 e. The first kappa shape index (κ1) is 17.0. The standard InChI is InChI=1S/C17H17N5O2/c1-12-10-16(22(21-12)9-5-8-18)20-17(23)13(2)24-15-7-4-3-6-14(15)11-19/h3-4,6-7,10,13H,5,9H2,1-2H3,(H,20,23). The summed E-state index contributed by atoms with van der Waals surface area (Å²) >= 11 is 0. The zero-order valence-corrected chi connectivity index (χ0v) is 13.5. The minimum absolute atomic E-state index is 0.297. The van der Waals surface area contributed by atoms with E-state index in [2.05, 4.69) is 10.4 Å². The molecule has 0 saturated heterocycles. The van der Waals surface area contributed by atoms with Crippen molar-refractivity contribution in [3.63, 3.8) is 0 Å². The van der Waals surface area contributed by atoms with Crippen LogP contribution < -0.4 is 10.1 Å². The summed E-state index contributed by atoms with van der Waals surface area (Å²) in [6.45, 7) is 3.81. The van der Waals surface area contributed by atoms with Gasteiger partial charge in [0.2, 0.25) is 0 Å². The van der Waals surface area contributed by atoms with E-state index in [1.807, 2.05) is 19.1 Å². The maximum absolute atomic E-state index is 12.3. The second-order valence-electron chi connectivity index (χ2n) is 5.16. The fourth-order valence-corrected chi connectivity index (χ4v) is 2.11. The maximum Gasteiger partial charge on any atom is 0.266 e. The molecular formula is C17H17N5O2. The van der Waals surface area contributed by atoms with Crippen LogP contribution in [-0.4, -0.2) is 21.8 Å². The lowest BCUT2D eigenvalue weighted by atomic mass is 10.2. The Labute approximate surface area is 140 Å². The molecule has 1 heterocycles. The van der Waals surface area contributed by atoms with Crippen LogP contribution in [0, 0.1) is 29.6 Å². The third-order valence-corrected chi connectivity index (χ3v) is 3.27. The molecule has 0 bridgehead atoms. The number of aryl methyl sites for hydroxylation is 2. The van der Waals surface area contributed by atoms with Gasteiger partial charge in [0.1, 0.15) is 17.6 Å². The second-order valence-corrected chi connectivity index (χ2v) is 5.16. The molecule has 24 heavy (non-hydrogen) atoms. The Bertz CT molecular complexity index is 813. The van der Waals surface area contributed by atoms with Gasteiger partial charge in [-0.2, -0.15) is 15.6 Å². The molecule has 1 amide bonds. The first-order valence-electron chi connectivity index (χ1n) is 7.43. The number of nitrogens with one attached hydrogen (secondary N) is 1. The number of hydrogen-bond acceptors (Lipinski definition) is 5. The zero-order chi connectivity index (χ0) is 17.5. The number of nitriles is 2. The quantitative estimate of drug-likeness (QED) is 0.879. The van der Waals surface area contributed by atoms with Gasteiger partial charge in [-0.25, -0.2) is 4.68 Å². The van der Waals surface area contributed by atoms with Crippen molar-refractivity contribution in [2.75, 3.05) is 5.32 Å². The second kappa shape index (κ2) is 7.80. The van der Waals surface area contributed by atoms with Crippen molar-refractivity contribution >= 4 is 11.7 Å². The molecule has 7 heteroatoms. The fraction of sp³-hybridized carbons (Fsp3) is 0.294. The topological polar surface area (TPSA) is 104 Å². The minimum Gasteiger partial charge on any atom is -0.480 e. The lowest BCUT2D eigenvalue weighted by Gasteiger charge is -2.15. The van der Waals surface area contributed by atoms with Gasteiger partial charge < -0.3 is 10.1 Å². The lowest BCUT2D eigenvalue weighted by molar-refractivity contribution is -0.122. The number of para-hydroxylation sites is 1. The molecule has 7 nitrogen and oxygen atoms in total. The molecule has 1 aromatic heterocycles. The number of hydrogen-bond donors (Lipinski definition) is 1. The van der Waals surface area contributed by atoms with E-state index in [1.165, 1.54) is 0 Å². The molecule has 2 rings (SSSR count). The van der Waals surface area contributed by atoms with Crippen molar-refractivity contribution in [3.8, 4) is 17.9 Å². The number of aromatic nitrogens is 2. The molecule has 1 atom stereocenters. The molecule has 1 aromatic carbocycles. The summed E-state index contributed by atoms with van der Waals surface area (Å²) in [5.74, 6) is 0.509. The van der Waals surface area contributed by atoms with Gasteiger partial charge in [0, 0.05) is 6.07 Å². The van der Waals surface area contributed by atoms with E-state index >= 15 is 0 Å². The Hall–Kier alpha value is -3.32. The Morgan fingerprint density at radius 2 is 2.17 bits per heavy atom. The Balaban J connectivity index is 2.07. The summed E-state index contributed by atoms with van der Waals surface area (Å²) in [4.78, 5) is 12.3. The molecule has 0 spiro atoms. The third-order valence-electron chi connectivity index (χ3n) is 3.27. The molecule has 0 aliphatic heterocycles. The summed E-state index contributed by atoms with van der Waals surface area (Å²) in [5, 5.41) is 24.7. The predicted octanol–water partition coefficient (Wildman–Crippen LogP) is 2.38. The number of benzene rings is 1. The van der Waals surface area contributed by atoms with Gasteiger partial charge in [0.15, 0.2) is 6.10 Å². The average molecular weight is 323 g/mol. The lowest BCUT2D eigenvalue weighted by Crippen LogP contribution is -2.31. The van der Waals surface area contributed by atoms with Gasteiger partial charge in [0.05, 0.1) is 30.3 Å². The number of rotatable bonds is 6. The first-order valence-corrected chi connectivity index (χ1v) is 7.43. The molecular weight excluding hydrogens is 306 g/mol. The molecule has 0 radical (unpaired) electrons. The number of carbonyl (C=O) groups excluding carboxylic acids is 1. The number of amides is 1. The van der Waals surface area contributed by atoms with Crippen LogP contribution in [0.1, 0.15) is 24.6 Å². The molecule has 1 unspecified atom stereocenters. The van der Waals surface area contributed by atoms with E-state index in [4.69, 9.17) is 15.3 Å². The highest BCUT2D eigenvalue weighted by atomic mass is 16.5. The van der Waals surface area contributed by atoms with Crippen molar-refractivity contribution in [2.45, 2.75) is 32.9 Å². The van der Waals surface area contributed by atoms with Crippen LogP contribution in [0.25, 0.3) is 0 Å². The highest BCUT2D eigenvalue weighted by Crippen LogP contribution is 2.19. The number of ether oxygens (including phenoxy) is 1. The van der Waals surface area contributed by atoms with Gasteiger partial charge in [-0.3, -0.25) is 4.79 Å². The van der Waals surface area contributed by atoms with E-state index in [9.17, 15) is 4.79 Å². The molecule has 0 saturated carbocycles. The number of carbonyl (C=O) groups is 1. The summed E-state index contributed by atoms with van der Waals surface area (Å²) in [7, 11) is 0. The summed E-state index contributed by atoms with van der Waals surface area (Å²) in [5.41, 5.74) is 1.11. The van der Waals surface area contributed by atoms with Crippen LogP contribution in [0.2, 0.25) is 0 Å². The van der Waals surface area contributed by atoms with Crippen LogP contribution in [0.5, 0.6) is 5.75 Å². The molecule has 0 fully saturated rings. The van der Waals surface area contributed by atoms with Crippen molar-refractivity contribution in [1.29, 1.82) is 10.5 Å². The van der Waals surface area contributed by atoms with Crippen LogP contribution in [-0.2, 0) is 11.3 Å². The van der Waals surface area contributed by atoms with E-state index in [0.717, 1.165) is 5.69 Å². The van der Waals surface area contributed by atoms with Crippen molar-refractivity contribution in [1.82, 2.24) is 9.78 Å². The summed E-state index contributed by atoms with van der Waals surface area (Å²) < 4.78 is 7.16. The van der Waals surface area contributed by atoms with Crippen molar-refractivity contribution in [3.05, 3.63) is 41.6 Å². The highest BCUT2D eigenvalue weighted by Gasteiger charge is 2.18. The normalized spacial score (nSPS) is 11.2. The summed E-state index contributed by atoms with van der Waals surface area (Å²) in [6, 6.07) is 12.5. The highest BCUT2D eigenvalue weighted by molar-refractivity contribution is 5.93. The van der Waals surface area contributed by atoms with Gasteiger partial charge >= 0.3 is 0 Å². The molecule has 2 aromatic rings. The van der Waals surface area contributed by atoms with Crippen molar-refractivity contribution in [2.24, 2.45) is 0 Å². The largest absolute Gasteiger partial charge is 0.480 e. The SMILES string of the molecule is Cc1cc(NC(=O)C(C)Oc2ccccc2C#N)n(CCC#N)n1. The van der Waals surface area contributed by atoms with Gasteiger partial charge in [-0.05, 0) is 26.0 Å². The predicted molar refractivity (Wildman–Crippen MR) is 87.1 cm³/mol. The molecule has 0 aliphatic carbocycles. The van der Waals surface area contributed by atoms with Crippen LogP contribution in [0.4, 0.5) is 5.82 Å². The number of nitrogens with zero attached hydrogens (tertiary/aromatic N) is 4. The minimum atomic E-state index is -0.792. The molecule has 122 valence electrons. The van der Waals surface area contributed by atoms with Gasteiger partial charge in [-0.15, -0.1) is 0 Å². The van der Waals surface area contributed by atoms with E-state index in [-0.39, 0.29) is 5.91 Å². The Morgan fingerprint density at radius 1 is 1.42 bits per heavy atom. The first-order chi connectivity index (χ1) is 11.5. The van der Waals surface area contributed by atoms with Crippen LogP contribution in [0.3, 0.4) is 0 Å². The van der Waals surface area contributed by atoms with E-state index < -0.39 is 6.10 Å². The fourth-order valence-electron chi connectivity index (χ4n) is 2.11. The maximum atomic E-state index is 12.3. The zero-order valence-electron chi connectivity index (χ0n) is 13.5. The van der Waals surface area contributed by atoms with Crippen LogP contribution >= 0.6 is 0 Å². The third kappa shape index (κ3) is 4.11. The Morgan fingerprint density at radius 3 is 2.88 bits per heavy atom. The summed E-state index contributed by atoms with van der Waals surface area (Å²) in [6.07, 6.45) is -0.495. The average Bonchev–Trinajstić information content (AvgIpc) is 2.92. The van der Waals surface area contributed by atoms with Crippen LogP contribution in [0.15, 0.2) is 30.3 Å². The van der Waals surface area contributed by atoms with Gasteiger partial charge in [0.25, 0.3) is 5.91 Å². The van der Waals surface area contributed by atoms with E-state index in [1.54, 1.807) is 41.9 Å². The van der Waals surface area contributed by atoms with Crippen molar-refractivity contribution < 1.29 is 9.53 Å². The Kier molecular flexibility index (Phi) is 5.54. The number of anilines is 1. The molecule has 1 N–H and O–H groups in total. The van der Waals surface area contributed by atoms with E-state index in [0.29, 0.717) is 30.1 Å². The molecule has 0 aliphatic rings. The van der Waals surface area contributed by atoms with Gasteiger partial charge in [-0.1, -0.05) is 12.1 Å².